The Kier molecular flexibility index (Phi) is 12.5. The lowest BCUT2D eigenvalue weighted by atomic mass is 10.1. The fourth-order valence-corrected chi connectivity index (χ4v) is 3.52. The Balaban J connectivity index is 2.09. The van der Waals surface area contributed by atoms with Gasteiger partial charge in [-0.3, -0.25) is 0 Å². The molecular weight excluding hydrogens is 448 g/mol. The number of carbonyl (C=O) groups excluding carboxylic acids is 2. The molecule has 1 N–H and O–H groups in total. The molecule has 2 amide bonds. The van der Waals surface area contributed by atoms with E-state index in [0.717, 1.165) is 24.8 Å². The van der Waals surface area contributed by atoms with E-state index in [-0.39, 0.29) is 12.6 Å². The van der Waals surface area contributed by atoms with Crippen LogP contribution in [0.1, 0.15) is 54.9 Å². The molecule has 0 heterocycles. The van der Waals surface area contributed by atoms with Gasteiger partial charge in [0.1, 0.15) is 18.1 Å². The van der Waals surface area contributed by atoms with Gasteiger partial charge in [0.2, 0.25) is 0 Å². The number of urea groups is 1. The Bertz CT molecular complexity index is 916. The predicted octanol–water partition coefficient (Wildman–Crippen LogP) is 5.51. The normalized spacial score (nSPS) is 10.5. The van der Waals surface area contributed by atoms with Crippen LogP contribution in [-0.2, 0) is 16.0 Å². The summed E-state index contributed by atoms with van der Waals surface area (Å²) in [6.45, 7) is 3.77. The van der Waals surface area contributed by atoms with Gasteiger partial charge in [0, 0.05) is 26.3 Å². The number of nitrogens with zero attached hydrogens (tertiary/aromatic N) is 1. The number of hydrogen-bond acceptors (Lipinski definition) is 6. The predicted molar refractivity (Wildman–Crippen MR) is 136 cm³/mol. The lowest BCUT2D eigenvalue weighted by Crippen LogP contribution is -2.35. The van der Waals surface area contributed by atoms with E-state index < -0.39 is 5.97 Å². The largest absolute Gasteiger partial charge is 0.497 e. The number of rotatable bonds is 15. The van der Waals surface area contributed by atoms with Crippen molar-refractivity contribution in [1.82, 2.24) is 4.90 Å². The van der Waals surface area contributed by atoms with Gasteiger partial charge in [-0.2, -0.15) is 0 Å². The van der Waals surface area contributed by atoms with E-state index in [0.29, 0.717) is 42.4 Å². The fourth-order valence-electron chi connectivity index (χ4n) is 3.52. The molecule has 192 valence electrons. The summed E-state index contributed by atoms with van der Waals surface area (Å²) in [5.74, 6) is 0.774. The molecule has 35 heavy (non-hydrogen) atoms. The lowest BCUT2D eigenvalue weighted by molar-refractivity contribution is 0.0388. The van der Waals surface area contributed by atoms with Crippen molar-refractivity contribution in [2.24, 2.45) is 0 Å². The zero-order valence-corrected chi connectivity index (χ0v) is 21.3. The van der Waals surface area contributed by atoms with Crippen LogP contribution in [0.4, 0.5) is 10.5 Å². The topological polar surface area (TPSA) is 86.3 Å². The van der Waals surface area contributed by atoms with Crippen LogP contribution in [0.5, 0.6) is 11.5 Å². The van der Waals surface area contributed by atoms with Crippen LogP contribution < -0.4 is 14.8 Å². The number of nitrogens with one attached hydrogen (secondary N) is 1. The third-order valence-electron chi connectivity index (χ3n) is 5.55. The van der Waals surface area contributed by atoms with E-state index in [1.165, 1.54) is 12.8 Å². The maximum Gasteiger partial charge on any atom is 0.338 e. The van der Waals surface area contributed by atoms with E-state index in [1.54, 1.807) is 56.6 Å². The highest BCUT2D eigenvalue weighted by Crippen LogP contribution is 2.29. The summed E-state index contributed by atoms with van der Waals surface area (Å²) in [6.07, 6.45) is 5.49. The molecule has 0 fully saturated rings. The molecule has 0 spiro atoms. The summed E-state index contributed by atoms with van der Waals surface area (Å²) in [5, 5.41) is 2.96. The van der Waals surface area contributed by atoms with E-state index >= 15 is 0 Å². The van der Waals surface area contributed by atoms with E-state index in [1.807, 2.05) is 12.1 Å². The number of benzene rings is 2. The number of esters is 1. The Morgan fingerprint density at radius 2 is 1.63 bits per heavy atom. The van der Waals surface area contributed by atoms with Crippen LogP contribution in [0, 0.1) is 0 Å². The Morgan fingerprint density at radius 1 is 0.886 bits per heavy atom. The summed E-state index contributed by atoms with van der Waals surface area (Å²) in [4.78, 5) is 27.1. The molecule has 8 nitrogen and oxygen atoms in total. The van der Waals surface area contributed by atoms with Crippen molar-refractivity contribution in [2.45, 2.75) is 45.6 Å². The lowest BCUT2D eigenvalue weighted by Gasteiger charge is -2.24. The summed E-state index contributed by atoms with van der Waals surface area (Å²) in [6, 6.07) is 12.2. The molecule has 0 aliphatic rings. The van der Waals surface area contributed by atoms with Crippen LogP contribution in [0.2, 0.25) is 0 Å². The SMILES string of the molecule is CCCCCCCN(Cc1ccc(C(=O)OCCOC)cc1)C(=O)Nc1ccc(OC)cc1OC. The first-order chi connectivity index (χ1) is 17.0. The molecule has 8 heteroatoms. The van der Waals surface area contributed by atoms with Gasteiger partial charge in [0.05, 0.1) is 32.1 Å². The fraction of sp³-hybridized carbons (Fsp3) is 0.481. The maximum absolute atomic E-state index is 13.2. The number of hydrogen-bond donors (Lipinski definition) is 1. The standard InChI is InChI=1S/C27H38N2O6/c1-5-6-7-8-9-16-29(27(31)28-24-15-14-23(33-3)19-25(24)34-4)20-21-10-12-22(13-11-21)26(30)35-18-17-32-2/h10-15,19H,5-9,16-18,20H2,1-4H3,(H,28,31). The zero-order valence-electron chi connectivity index (χ0n) is 21.3. The van der Waals surface area contributed by atoms with Crippen LogP contribution in [-0.4, -0.2) is 58.0 Å². The molecule has 2 aromatic carbocycles. The summed E-state index contributed by atoms with van der Waals surface area (Å²) in [5.41, 5.74) is 1.95. The van der Waals surface area contributed by atoms with E-state index in [2.05, 4.69) is 12.2 Å². The van der Waals surface area contributed by atoms with Gasteiger partial charge in [-0.25, -0.2) is 9.59 Å². The van der Waals surface area contributed by atoms with Crippen molar-refractivity contribution in [3.8, 4) is 11.5 Å². The molecule has 0 unspecified atom stereocenters. The van der Waals surface area contributed by atoms with Gasteiger partial charge in [-0.15, -0.1) is 0 Å². The third-order valence-corrected chi connectivity index (χ3v) is 5.55. The van der Waals surface area contributed by atoms with E-state index in [4.69, 9.17) is 18.9 Å². The number of anilines is 1. The molecule has 2 aromatic rings. The quantitative estimate of drug-likeness (QED) is 0.264. The van der Waals surface area contributed by atoms with Crippen molar-refractivity contribution < 1.29 is 28.5 Å². The number of unbranched alkanes of at least 4 members (excludes halogenated alkanes) is 4. The molecule has 0 aliphatic heterocycles. The average Bonchev–Trinajstić information content (AvgIpc) is 2.88. The first-order valence-electron chi connectivity index (χ1n) is 12.0. The van der Waals surface area contributed by atoms with Crippen LogP contribution in [0.25, 0.3) is 0 Å². The molecule has 0 aromatic heterocycles. The second-order valence-corrected chi connectivity index (χ2v) is 8.16. The van der Waals surface area contributed by atoms with Crippen molar-refractivity contribution in [3.05, 3.63) is 53.6 Å². The minimum Gasteiger partial charge on any atom is -0.497 e. The molecule has 0 saturated heterocycles. The highest BCUT2D eigenvalue weighted by molar-refractivity contribution is 5.91. The van der Waals surface area contributed by atoms with Crippen LogP contribution in [0.3, 0.4) is 0 Å². The number of carbonyl (C=O) groups is 2. The van der Waals surface area contributed by atoms with Crippen LogP contribution >= 0.6 is 0 Å². The van der Waals surface area contributed by atoms with Crippen molar-refractivity contribution in [3.63, 3.8) is 0 Å². The Hall–Kier alpha value is -3.26. The zero-order chi connectivity index (χ0) is 25.5. The van der Waals surface area contributed by atoms with Gasteiger partial charge in [0.25, 0.3) is 0 Å². The first kappa shape index (κ1) is 28.0. The summed E-state index contributed by atoms with van der Waals surface area (Å²) >= 11 is 0. The van der Waals surface area contributed by atoms with Gasteiger partial charge >= 0.3 is 12.0 Å². The van der Waals surface area contributed by atoms with Crippen molar-refractivity contribution >= 4 is 17.7 Å². The first-order valence-corrected chi connectivity index (χ1v) is 12.0. The molecule has 0 radical (unpaired) electrons. The highest BCUT2D eigenvalue weighted by Gasteiger charge is 2.17. The second kappa shape index (κ2) is 15.6. The highest BCUT2D eigenvalue weighted by atomic mass is 16.6. The molecular formula is C27H38N2O6. The van der Waals surface area contributed by atoms with E-state index in [9.17, 15) is 9.59 Å². The maximum atomic E-state index is 13.2. The van der Waals surface area contributed by atoms with Gasteiger partial charge in [-0.1, -0.05) is 44.7 Å². The average molecular weight is 487 g/mol. The summed E-state index contributed by atoms with van der Waals surface area (Å²) < 4.78 is 20.7. The molecule has 0 aliphatic carbocycles. The van der Waals surface area contributed by atoms with Gasteiger partial charge < -0.3 is 29.2 Å². The van der Waals surface area contributed by atoms with Gasteiger partial charge in [-0.05, 0) is 36.2 Å². The molecule has 0 saturated carbocycles. The third kappa shape index (κ3) is 9.48. The summed E-state index contributed by atoms with van der Waals surface area (Å²) in [7, 11) is 4.69. The number of methoxy groups -OCH3 is 3. The number of ether oxygens (including phenoxy) is 4. The monoisotopic (exact) mass is 486 g/mol. The molecule has 0 atom stereocenters. The van der Waals surface area contributed by atoms with Crippen LogP contribution in [0.15, 0.2) is 42.5 Å². The molecule has 2 rings (SSSR count). The van der Waals surface area contributed by atoms with Gasteiger partial charge in [0.15, 0.2) is 0 Å². The minimum atomic E-state index is -0.397. The Labute approximate surface area is 208 Å². The van der Waals surface area contributed by atoms with Crippen molar-refractivity contribution in [1.29, 1.82) is 0 Å². The smallest absolute Gasteiger partial charge is 0.338 e. The van der Waals surface area contributed by atoms with Crippen molar-refractivity contribution in [2.75, 3.05) is 46.4 Å². The molecule has 0 bridgehead atoms. The second-order valence-electron chi connectivity index (χ2n) is 8.16. The Morgan fingerprint density at radius 3 is 2.29 bits per heavy atom. The number of amides is 2. The minimum absolute atomic E-state index is 0.206.